The standard InChI is InChI=1S/C23H24Cl2N2O5/c24-17-3-1-4-19(22(17)25)30-12-2-5-21(28)27-10-8-15(9-11-27)23(29)26-16-6-7-18-20(13-16)32-14-31-18/h1,3-4,6-7,13,15H,2,5,8-12,14H2,(H,26,29). The highest BCUT2D eigenvalue weighted by Gasteiger charge is 2.27. The van der Waals surface area contributed by atoms with E-state index in [-0.39, 0.29) is 24.5 Å². The van der Waals surface area contributed by atoms with Gasteiger partial charge in [0.25, 0.3) is 0 Å². The molecule has 0 aromatic heterocycles. The van der Waals surface area contributed by atoms with Crippen molar-refractivity contribution < 1.29 is 23.8 Å². The Balaban J connectivity index is 1.17. The minimum absolute atomic E-state index is 0.0391. The minimum Gasteiger partial charge on any atom is -0.492 e. The van der Waals surface area contributed by atoms with Crippen LogP contribution in [-0.4, -0.2) is 43.2 Å². The van der Waals surface area contributed by atoms with Crippen LogP contribution in [0.5, 0.6) is 17.2 Å². The fourth-order valence-electron chi connectivity index (χ4n) is 3.77. The van der Waals surface area contributed by atoms with Gasteiger partial charge in [-0.05, 0) is 43.5 Å². The summed E-state index contributed by atoms with van der Waals surface area (Å²) in [7, 11) is 0. The van der Waals surface area contributed by atoms with Crippen molar-refractivity contribution >= 4 is 40.7 Å². The first-order valence-electron chi connectivity index (χ1n) is 10.6. The smallest absolute Gasteiger partial charge is 0.231 e. The number of piperidine rings is 1. The molecule has 170 valence electrons. The van der Waals surface area contributed by atoms with Crippen LogP contribution in [0.2, 0.25) is 10.0 Å². The second-order valence-electron chi connectivity index (χ2n) is 7.72. The highest BCUT2D eigenvalue weighted by Crippen LogP contribution is 2.34. The Morgan fingerprint density at radius 1 is 1.09 bits per heavy atom. The molecule has 2 aliphatic heterocycles. The third-order valence-electron chi connectivity index (χ3n) is 5.57. The molecule has 0 saturated carbocycles. The molecule has 32 heavy (non-hydrogen) atoms. The number of hydrogen-bond donors (Lipinski definition) is 1. The van der Waals surface area contributed by atoms with Crippen molar-refractivity contribution in [2.24, 2.45) is 5.92 Å². The van der Waals surface area contributed by atoms with Crippen molar-refractivity contribution in [1.82, 2.24) is 4.90 Å². The zero-order chi connectivity index (χ0) is 22.5. The van der Waals surface area contributed by atoms with Crippen LogP contribution in [0, 0.1) is 5.92 Å². The Morgan fingerprint density at radius 2 is 1.88 bits per heavy atom. The van der Waals surface area contributed by atoms with Crippen LogP contribution >= 0.6 is 23.2 Å². The van der Waals surface area contributed by atoms with E-state index in [2.05, 4.69) is 5.32 Å². The van der Waals surface area contributed by atoms with Crippen molar-refractivity contribution in [1.29, 1.82) is 0 Å². The zero-order valence-corrected chi connectivity index (χ0v) is 19.0. The number of anilines is 1. The Morgan fingerprint density at radius 3 is 2.69 bits per heavy atom. The molecule has 0 radical (unpaired) electrons. The summed E-state index contributed by atoms with van der Waals surface area (Å²) in [6.45, 7) is 1.71. The summed E-state index contributed by atoms with van der Waals surface area (Å²) in [5, 5.41) is 3.75. The Bertz CT molecular complexity index is 992. The van der Waals surface area contributed by atoms with E-state index in [1.165, 1.54) is 0 Å². The van der Waals surface area contributed by atoms with Crippen LogP contribution in [0.15, 0.2) is 36.4 Å². The fraction of sp³-hybridized carbons (Fsp3) is 0.391. The minimum atomic E-state index is -0.127. The summed E-state index contributed by atoms with van der Waals surface area (Å²) in [6.07, 6.45) is 2.23. The maximum atomic E-state index is 12.6. The summed E-state index contributed by atoms with van der Waals surface area (Å²) in [6, 6.07) is 10.5. The molecular weight excluding hydrogens is 455 g/mol. The van der Waals surface area contributed by atoms with Crippen molar-refractivity contribution in [3.05, 3.63) is 46.4 Å². The predicted molar refractivity (Wildman–Crippen MR) is 122 cm³/mol. The number of ether oxygens (including phenoxy) is 3. The maximum Gasteiger partial charge on any atom is 0.231 e. The molecule has 1 N–H and O–H groups in total. The van der Waals surface area contributed by atoms with Gasteiger partial charge in [-0.25, -0.2) is 0 Å². The molecule has 1 saturated heterocycles. The van der Waals surface area contributed by atoms with E-state index in [9.17, 15) is 9.59 Å². The average molecular weight is 479 g/mol. The molecule has 0 atom stereocenters. The van der Waals surface area contributed by atoms with Gasteiger partial charge in [0, 0.05) is 37.2 Å². The van der Waals surface area contributed by atoms with Gasteiger partial charge < -0.3 is 24.4 Å². The third kappa shape index (κ3) is 5.40. The van der Waals surface area contributed by atoms with E-state index in [0.29, 0.717) is 78.4 Å². The van der Waals surface area contributed by atoms with Crippen molar-refractivity contribution in [2.45, 2.75) is 25.7 Å². The summed E-state index contributed by atoms with van der Waals surface area (Å²) >= 11 is 12.1. The normalized spacial score (nSPS) is 15.5. The number of likely N-dealkylation sites (tertiary alicyclic amines) is 1. The summed E-state index contributed by atoms with van der Waals surface area (Å²) in [5.41, 5.74) is 0.678. The first kappa shape index (κ1) is 22.6. The molecule has 0 unspecified atom stereocenters. The van der Waals surface area contributed by atoms with Crippen molar-refractivity contribution in [2.75, 3.05) is 31.8 Å². The largest absolute Gasteiger partial charge is 0.492 e. The molecule has 0 bridgehead atoms. The topological polar surface area (TPSA) is 77.1 Å². The lowest BCUT2D eigenvalue weighted by molar-refractivity contribution is -0.134. The molecule has 2 aromatic carbocycles. The van der Waals surface area contributed by atoms with E-state index < -0.39 is 0 Å². The van der Waals surface area contributed by atoms with Gasteiger partial charge in [0.15, 0.2) is 11.5 Å². The van der Waals surface area contributed by atoms with Gasteiger partial charge in [-0.3, -0.25) is 9.59 Å². The predicted octanol–water partition coefficient (Wildman–Crippen LogP) is 4.76. The summed E-state index contributed by atoms with van der Waals surface area (Å²) < 4.78 is 16.3. The monoisotopic (exact) mass is 478 g/mol. The van der Waals surface area contributed by atoms with Crippen molar-refractivity contribution in [3.8, 4) is 17.2 Å². The molecule has 7 nitrogen and oxygen atoms in total. The fourth-order valence-corrected chi connectivity index (χ4v) is 4.12. The molecule has 0 aliphatic carbocycles. The van der Waals surface area contributed by atoms with E-state index in [1.54, 1.807) is 36.4 Å². The molecule has 9 heteroatoms. The van der Waals surface area contributed by atoms with Crippen molar-refractivity contribution in [3.63, 3.8) is 0 Å². The number of nitrogens with one attached hydrogen (secondary N) is 1. The highest BCUT2D eigenvalue weighted by molar-refractivity contribution is 6.42. The third-order valence-corrected chi connectivity index (χ3v) is 6.37. The van der Waals surface area contributed by atoms with Crippen LogP contribution < -0.4 is 19.5 Å². The van der Waals surface area contributed by atoms with Crippen LogP contribution in [0.1, 0.15) is 25.7 Å². The van der Waals surface area contributed by atoms with Gasteiger partial charge in [0.05, 0.1) is 11.6 Å². The lowest BCUT2D eigenvalue weighted by Crippen LogP contribution is -2.41. The lowest BCUT2D eigenvalue weighted by atomic mass is 9.95. The number of hydrogen-bond acceptors (Lipinski definition) is 5. The molecule has 0 spiro atoms. The summed E-state index contributed by atoms with van der Waals surface area (Å²) in [4.78, 5) is 26.9. The second kappa shape index (κ2) is 10.3. The van der Waals surface area contributed by atoms with Crippen LogP contribution in [0.4, 0.5) is 5.69 Å². The molecule has 2 aliphatic rings. The van der Waals surface area contributed by atoms with E-state index in [0.717, 1.165) is 0 Å². The molecule has 2 heterocycles. The first-order valence-corrected chi connectivity index (χ1v) is 11.3. The number of carbonyl (C=O) groups excluding carboxylic acids is 2. The Hall–Kier alpha value is -2.64. The van der Waals surface area contributed by atoms with Crippen LogP contribution in [-0.2, 0) is 9.59 Å². The van der Waals surface area contributed by atoms with E-state index in [4.69, 9.17) is 37.4 Å². The van der Waals surface area contributed by atoms with Gasteiger partial charge in [0.2, 0.25) is 18.6 Å². The lowest BCUT2D eigenvalue weighted by Gasteiger charge is -2.31. The first-order chi connectivity index (χ1) is 15.5. The molecule has 4 rings (SSSR count). The zero-order valence-electron chi connectivity index (χ0n) is 17.4. The van der Waals surface area contributed by atoms with E-state index >= 15 is 0 Å². The average Bonchev–Trinajstić information content (AvgIpc) is 3.27. The van der Waals surface area contributed by atoms with Gasteiger partial charge in [-0.15, -0.1) is 0 Å². The number of rotatable bonds is 7. The quantitative estimate of drug-likeness (QED) is 0.580. The van der Waals surface area contributed by atoms with Gasteiger partial charge in [-0.2, -0.15) is 0 Å². The molecule has 1 fully saturated rings. The van der Waals surface area contributed by atoms with Crippen LogP contribution in [0.25, 0.3) is 0 Å². The number of benzene rings is 2. The molecular formula is C23H24Cl2N2O5. The molecule has 2 amide bonds. The number of carbonyl (C=O) groups is 2. The van der Waals surface area contributed by atoms with Gasteiger partial charge in [0.1, 0.15) is 10.8 Å². The van der Waals surface area contributed by atoms with E-state index in [1.807, 2.05) is 4.90 Å². The highest BCUT2D eigenvalue weighted by atomic mass is 35.5. The maximum absolute atomic E-state index is 12.6. The number of halogens is 2. The second-order valence-corrected chi connectivity index (χ2v) is 8.50. The Labute approximate surface area is 196 Å². The van der Waals surface area contributed by atoms with Crippen LogP contribution in [0.3, 0.4) is 0 Å². The SMILES string of the molecule is O=C(Nc1ccc2c(c1)OCO2)C1CCN(C(=O)CCCOc2cccc(Cl)c2Cl)CC1. The van der Waals surface area contributed by atoms with Gasteiger partial charge >= 0.3 is 0 Å². The number of amides is 2. The number of nitrogens with zero attached hydrogens (tertiary/aromatic N) is 1. The molecule has 2 aromatic rings. The number of fused-ring (bicyclic) bond motifs is 1. The summed E-state index contributed by atoms with van der Waals surface area (Å²) in [5.74, 6) is 1.72. The Kier molecular flexibility index (Phi) is 7.27. The van der Waals surface area contributed by atoms with Gasteiger partial charge in [-0.1, -0.05) is 29.3 Å².